The Balaban J connectivity index is 2.69. The number of thioether (sulfide) groups is 1. The molecule has 1 heterocycles. The fourth-order valence-corrected chi connectivity index (χ4v) is 1.86. The summed E-state index contributed by atoms with van der Waals surface area (Å²) in [7, 11) is 0. The lowest BCUT2D eigenvalue weighted by Crippen LogP contribution is -2.22. The highest BCUT2D eigenvalue weighted by Crippen LogP contribution is 2.21. The van der Waals surface area contributed by atoms with Crippen LogP contribution in [0.5, 0.6) is 0 Å². The van der Waals surface area contributed by atoms with E-state index in [1.54, 1.807) is 0 Å². The van der Waals surface area contributed by atoms with Crippen molar-refractivity contribution in [3.63, 3.8) is 0 Å². The molecular formula is C11H14N4OS. The van der Waals surface area contributed by atoms with Crippen LogP contribution in [-0.4, -0.2) is 21.5 Å². The average molecular weight is 250 g/mol. The molecule has 6 heteroatoms. The number of anilines is 1. The van der Waals surface area contributed by atoms with Crippen LogP contribution in [0.1, 0.15) is 26.3 Å². The molecule has 5 nitrogen and oxygen atoms in total. The predicted octanol–water partition coefficient (Wildman–Crippen LogP) is 1.64. The molecule has 0 atom stereocenters. The molecule has 0 radical (unpaired) electrons. The maximum absolute atomic E-state index is 11.7. The number of carbonyl (C=O) groups is 1. The Kier molecular flexibility index (Phi) is 4.07. The molecule has 0 amide bonds. The molecule has 0 spiro atoms. The molecule has 0 fully saturated rings. The standard InChI is InChI=1S/C11H14N4OS/c1-11(2,3)8(16)6-17-10-14-5-7(4-12)9(13)15-10/h5H,6H2,1-3H3,(H2,13,14,15). The lowest BCUT2D eigenvalue weighted by atomic mass is 9.92. The minimum Gasteiger partial charge on any atom is -0.382 e. The first-order chi connectivity index (χ1) is 7.84. The van der Waals surface area contributed by atoms with E-state index >= 15 is 0 Å². The largest absolute Gasteiger partial charge is 0.382 e. The van der Waals surface area contributed by atoms with Crippen molar-refractivity contribution in [1.29, 1.82) is 5.26 Å². The molecule has 90 valence electrons. The number of aromatic nitrogens is 2. The summed E-state index contributed by atoms with van der Waals surface area (Å²) in [6.45, 7) is 5.59. The Morgan fingerprint density at radius 1 is 1.59 bits per heavy atom. The monoisotopic (exact) mass is 250 g/mol. The van der Waals surface area contributed by atoms with Crippen LogP contribution >= 0.6 is 11.8 Å². The van der Waals surface area contributed by atoms with Gasteiger partial charge in [-0.1, -0.05) is 32.5 Å². The maximum Gasteiger partial charge on any atom is 0.189 e. The summed E-state index contributed by atoms with van der Waals surface area (Å²) in [6, 6.07) is 1.89. The minimum absolute atomic E-state index is 0.119. The van der Waals surface area contributed by atoms with E-state index in [1.807, 2.05) is 26.8 Å². The van der Waals surface area contributed by atoms with Crippen LogP contribution in [0.4, 0.5) is 5.82 Å². The van der Waals surface area contributed by atoms with Crippen molar-refractivity contribution >= 4 is 23.4 Å². The van der Waals surface area contributed by atoms with E-state index in [4.69, 9.17) is 11.0 Å². The number of nitrogen functional groups attached to an aromatic ring is 1. The van der Waals surface area contributed by atoms with Crippen molar-refractivity contribution in [1.82, 2.24) is 9.97 Å². The summed E-state index contributed by atoms with van der Waals surface area (Å²) >= 11 is 1.23. The van der Waals surface area contributed by atoms with Gasteiger partial charge in [0.1, 0.15) is 23.2 Å². The lowest BCUT2D eigenvalue weighted by Gasteiger charge is -2.15. The third-order valence-corrected chi connectivity index (χ3v) is 2.95. The van der Waals surface area contributed by atoms with E-state index in [0.717, 1.165) is 0 Å². The molecule has 1 aromatic rings. The normalized spacial score (nSPS) is 10.9. The zero-order valence-electron chi connectivity index (χ0n) is 10.0. The first-order valence-electron chi connectivity index (χ1n) is 5.03. The average Bonchev–Trinajstić information content (AvgIpc) is 2.24. The van der Waals surface area contributed by atoms with Gasteiger partial charge < -0.3 is 5.73 Å². The summed E-state index contributed by atoms with van der Waals surface area (Å²) in [5.74, 6) is 0.566. The van der Waals surface area contributed by atoms with Gasteiger partial charge in [-0.05, 0) is 0 Å². The number of hydrogen-bond donors (Lipinski definition) is 1. The highest BCUT2D eigenvalue weighted by molar-refractivity contribution is 7.99. The van der Waals surface area contributed by atoms with Gasteiger partial charge in [0.05, 0.1) is 11.9 Å². The van der Waals surface area contributed by atoms with Crippen molar-refractivity contribution in [2.75, 3.05) is 11.5 Å². The number of carbonyl (C=O) groups excluding carboxylic acids is 1. The quantitative estimate of drug-likeness (QED) is 0.647. The Hall–Kier alpha value is -1.61. The first-order valence-corrected chi connectivity index (χ1v) is 6.02. The van der Waals surface area contributed by atoms with Crippen LogP contribution in [0, 0.1) is 16.7 Å². The second-order valence-corrected chi connectivity index (χ2v) is 5.47. The third kappa shape index (κ3) is 3.71. The van der Waals surface area contributed by atoms with Gasteiger partial charge in [-0.2, -0.15) is 5.26 Å². The van der Waals surface area contributed by atoms with Crippen molar-refractivity contribution in [3.05, 3.63) is 11.8 Å². The topological polar surface area (TPSA) is 92.7 Å². The summed E-state index contributed by atoms with van der Waals surface area (Å²) in [5.41, 5.74) is 5.43. The summed E-state index contributed by atoms with van der Waals surface area (Å²) < 4.78 is 0. The van der Waals surface area contributed by atoms with E-state index in [9.17, 15) is 4.79 Å². The predicted molar refractivity (Wildman–Crippen MR) is 66.3 cm³/mol. The Morgan fingerprint density at radius 3 is 2.71 bits per heavy atom. The number of rotatable bonds is 3. The van der Waals surface area contributed by atoms with Crippen molar-refractivity contribution in [2.24, 2.45) is 5.41 Å². The van der Waals surface area contributed by atoms with Crippen molar-refractivity contribution in [2.45, 2.75) is 25.9 Å². The molecule has 2 N–H and O–H groups in total. The van der Waals surface area contributed by atoms with Gasteiger partial charge in [-0.15, -0.1) is 0 Å². The van der Waals surface area contributed by atoms with E-state index < -0.39 is 0 Å². The number of Topliss-reactive ketones (excluding diaryl/α,β-unsaturated/α-hetero) is 1. The zero-order chi connectivity index (χ0) is 13.1. The second kappa shape index (κ2) is 5.15. The van der Waals surface area contributed by atoms with Gasteiger partial charge in [0.15, 0.2) is 5.16 Å². The molecule has 1 rings (SSSR count). The molecule has 0 bridgehead atoms. The van der Waals surface area contributed by atoms with E-state index in [2.05, 4.69) is 9.97 Å². The molecule has 1 aromatic heterocycles. The highest BCUT2D eigenvalue weighted by atomic mass is 32.2. The number of nitriles is 1. The SMILES string of the molecule is CC(C)(C)C(=O)CSc1ncc(C#N)c(N)n1. The third-order valence-electron chi connectivity index (χ3n) is 2.09. The molecule has 0 aliphatic rings. The van der Waals surface area contributed by atoms with Crippen LogP contribution in [-0.2, 0) is 4.79 Å². The fraction of sp³-hybridized carbons (Fsp3) is 0.455. The second-order valence-electron chi connectivity index (χ2n) is 4.53. The summed E-state index contributed by atoms with van der Waals surface area (Å²) in [5, 5.41) is 9.08. The van der Waals surface area contributed by atoms with Crippen LogP contribution in [0.25, 0.3) is 0 Å². The first kappa shape index (κ1) is 13.5. The van der Waals surface area contributed by atoms with Gasteiger partial charge >= 0.3 is 0 Å². The minimum atomic E-state index is -0.370. The Morgan fingerprint density at radius 2 is 2.24 bits per heavy atom. The molecular weight excluding hydrogens is 236 g/mol. The molecule has 0 unspecified atom stereocenters. The van der Waals surface area contributed by atoms with Crippen LogP contribution in [0.3, 0.4) is 0 Å². The van der Waals surface area contributed by atoms with Gasteiger partial charge in [-0.3, -0.25) is 4.79 Å². The van der Waals surface area contributed by atoms with E-state index in [0.29, 0.717) is 10.9 Å². The summed E-state index contributed by atoms with van der Waals surface area (Å²) in [6.07, 6.45) is 1.37. The Labute approximate surface area is 104 Å². The van der Waals surface area contributed by atoms with Crippen molar-refractivity contribution < 1.29 is 4.79 Å². The van der Waals surface area contributed by atoms with E-state index in [-0.39, 0.29) is 22.6 Å². The molecule has 0 aliphatic heterocycles. The smallest absolute Gasteiger partial charge is 0.189 e. The fourth-order valence-electron chi connectivity index (χ4n) is 0.880. The van der Waals surface area contributed by atoms with Gasteiger partial charge in [-0.25, -0.2) is 9.97 Å². The zero-order valence-corrected chi connectivity index (χ0v) is 10.8. The molecule has 0 aliphatic carbocycles. The number of nitrogens with zero attached hydrogens (tertiary/aromatic N) is 3. The number of hydrogen-bond acceptors (Lipinski definition) is 6. The van der Waals surface area contributed by atoms with E-state index in [1.165, 1.54) is 18.0 Å². The van der Waals surface area contributed by atoms with Gasteiger partial charge in [0.2, 0.25) is 0 Å². The molecule has 0 saturated carbocycles. The van der Waals surface area contributed by atoms with Crippen LogP contribution < -0.4 is 5.73 Å². The Bertz CT molecular complexity index is 473. The lowest BCUT2D eigenvalue weighted by molar-refractivity contribution is -0.123. The van der Waals surface area contributed by atoms with Gasteiger partial charge in [0.25, 0.3) is 0 Å². The van der Waals surface area contributed by atoms with Gasteiger partial charge in [0, 0.05) is 5.41 Å². The van der Waals surface area contributed by atoms with Crippen LogP contribution in [0.2, 0.25) is 0 Å². The number of nitrogens with two attached hydrogens (primary N) is 1. The highest BCUT2D eigenvalue weighted by Gasteiger charge is 2.21. The maximum atomic E-state index is 11.7. The summed E-state index contributed by atoms with van der Waals surface area (Å²) in [4.78, 5) is 19.6. The molecule has 0 aromatic carbocycles. The molecule has 0 saturated heterocycles. The van der Waals surface area contributed by atoms with Crippen molar-refractivity contribution in [3.8, 4) is 6.07 Å². The number of ketones is 1. The molecule has 17 heavy (non-hydrogen) atoms. The van der Waals surface area contributed by atoms with Crippen LogP contribution in [0.15, 0.2) is 11.4 Å².